The fourth-order valence-electron chi connectivity index (χ4n) is 2.01. The second-order valence-corrected chi connectivity index (χ2v) is 5.82. The van der Waals surface area contributed by atoms with E-state index in [1.54, 1.807) is 27.9 Å². The van der Waals surface area contributed by atoms with Gasteiger partial charge in [0, 0.05) is 33.3 Å². The van der Waals surface area contributed by atoms with Crippen LogP contribution in [0.4, 0.5) is 4.79 Å². The van der Waals surface area contributed by atoms with E-state index in [1.807, 2.05) is 4.90 Å². The summed E-state index contributed by atoms with van der Waals surface area (Å²) in [6.07, 6.45) is -0.573. The molecule has 0 aromatic rings. The molecule has 0 spiro atoms. The van der Waals surface area contributed by atoms with Crippen molar-refractivity contribution in [3.8, 4) is 0 Å². The standard InChI is InChI=1S/C13H24N2O5/c1-13(2,3)20-12(18)15-6-5-14(7-8-19-4)9-10(15)11(16)17/h10H,5-9H2,1-4H3,(H,16,17)/t10-/m1/s1. The molecule has 1 heterocycles. The molecule has 0 aliphatic carbocycles. The van der Waals surface area contributed by atoms with Crippen LogP contribution in [0.3, 0.4) is 0 Å². The van der Waals surface area contributed by atoms with Gasteiger partial charge < -0.3 is 14.6 Å². The molecule has 0 aromatic carbocycles. The highest BCUT2D eigenvalue weighted by molar-refractivity contribution is 5.80. The van der Waals surface area contributed by atoms with Crippen molar-refractivity contribution >= 4 is 12.1 Å². The highest BCUT2D eigenvalue weighted by atomic mass is 16.6. The van der Waals surface area contributed by atoms with Crippen LogP contribution in [0.5, 0.6) is 0 Å². The summed E-state index contributed by atoms with van der Waals surface area (Å²) in [5.74, 6) is -1.02. The maximum absolute atomic E-state index is 12.0. The van der Waals surface area contributed by atoms with E-state index < -0.39 is 23.7 Å². The maximum atomic E-state index is 12.0. The molecule has 20 heavy (non-hydrogen) atoms. The number of hydrogen-bond donors (Lipinski definition) is 1. The van der Waals surface area contributed by atoms with E-state index in [9.17, 15) is 14.7 Å². The van der Waals surface area contributed by atoms with Crippen molar-refractivity contribution in [2.45, 2.75) is 32.4 Å². The number of aliphatic carboxylic acids is 1. The van der Waals surface area contributed by atoms with Gasteiger partial charge in [0.15, 0.2) is 0 Å². The van der Waals surface area contributed by atoms with E-state index in [4.69, 9.17) is 9.47 Å². The van der Waals surface area contributed by atoms with E-state index in [2.05, 4.69) is 0 Å². The van der Waals surface area contributed by atoms with E-state index in [0.717, 1.165) is 0 Å². The van der Waals surface area contributed by atoms with Crippen molar-refractivity contribution in [2.75, 3.05) is 39.9 Å². The number of carboxylic acids is 1. The lowest BCUT2D eigenvalue weighted by molar-refractivity contribution is -0.145. The van der Waals surface area contributed by atoms with Gasteiger partial charge in [0.05, 0.1) is 6.61 Å². The summed E-state index contributed by atoms with van der Waals surface area (Å²) in [5, 5.41) is 9.29. The molecule has 0 saturated carbocycles. The first kappa shape index (κ1) is 16.7. The van der Waals surface area contributed by atoms with E-state index in [1.165, 1.54) is 4.90 Å². The van der Waals surface area contributed by atoms with Gasteiger partial charge in [0.2, 0.25) is 0 Å². The van der Waals surface area contributed by atoms with E-state index in [0.29, 0.717) is 26.2 Å². The Bertz CT molecular complexity index is 353. The summed E-state index contributed by atoms with van der Waals surface area (Å²) in [5.41, 5.74) is -0.632. The molecule has 1 atom stereocenters. The van der Waals surface area contributed by atoms with Crippen LogP contribution < -0.4 is 0 Å². The minimum atomic E-state index is -1.02. The van der Waals surface area contributed by atoms with Gasteiger partial charge in [0.25, 0.3) is 0 Å². The number of nitrogens with zero attached hydrogens (tertiary/aromatic N) is 2. The van der Waals surface area contributed by atoms with E-state index >= 15 is 0 Å². The zero-order valence-electron chi connectivity index (χ0n) is 12.6. The smallest absolute Gasteiger partial charge is 0.411 e. The Kier molecular flexibility index (Phi) is 5.76. The van der Waals surface area contributed by atoms with Crippen molar-refractivity contribution in [2.24, 2.45) is 0 Å². The molecular formula is C13H24N2O5. The largest absolute Gasteiger partial charge is 0.480 e. The second-order valence-electron chi connectivity index (χ2n) is 5.82. The number of rotatable bonds is 4. The van der Waals surface area contributed by atoms with Gasteiger partial charge in [-0.3, -0.25) is 9.80 Å². The summed E-state index contributed by atoms with van der Waals surface area (Å²) in [4.78, 5) is 26.7. The number of carboxylic acid groups (broad SMARTS) is 1. The number of carbonyl (C=O) groups excluding carboxylic acids is 1. The first-order chi connectivity index (χ1) is 9.24. The fraction of sp³-hybridized carbons (Fsp3) is 0.846. The molecule has 0 radical (unpaired) electrons. The lowest BCUT2D eigenvalue weighted by Gasteiger charge is -2.39. The highest BCUT2D eigenvalue weighted by Crippen LogP contribution is 2.16. The first-order valence-corrected chi connectivity index (χ1v) is 6.68. The third kappa shape index (κ3) is 4.97. The highest BCUT2D eigenvalue weighted by Gasteiger charge is 2.37. The van der Waals surface area contributed by atoms with Crippen molar-refractivity contribution < 1.29 is 24.2 Å². The average Bonchev–Trinajstić information content (AvgIpc) is 2.33. The topological polar surface area (TPSA) is 79.3 Å². The molecule has 1 aliphatic heterocycles. The molecule has 7 nitrogen and oxygen atoms in total. The van der Waals surface area contributed by atoms with Gasteiger partial charge in [-0.15, -0.1) is 0 Å². The summed E-state index contributed by atoms with van der Waals surface area (Å²) in [7, 11) is 1.60. The summed E-state index contributed by atoms with van der Waals surface area (Å²) in [6.45, 7) is 7.72. The Balaban J connectivity index is 2.67. The van der Waals surface area contributed by atoms with Crippen LogP contribution in [0.25, 0.3) is 0 Å². The Hall–Kier alpha value is -1.34. The minimum absolute atomic E-state index is 0.290. The molecule has 0 aromatic heterocycles. The maximum Gasteiger partial charge on any atom is 0.411 e. The zero-order chi connectivity index (χ0) is 15.3. The molecule has 1 saturated heterocycles. The number of carbonyl (C=O) groups is 2. The summed E-state index contributed by atoms with van der Waals surface area (Å²) < 4.78 is 10.2. The lowest BCUT2D eigenvalue weighted by atomic mass is 10.1. The third-order valence-electron chi connectivity index (χ3n) is 2.99. The van der Waals surface area contributed by atoms with Crippen LogP contribution in [-0.4, -0.2) is 78.5 Å². The minimum Gasteiger partial charge on any atom is -0.480 e. The van der Waals surface area contributed by atoms with Crippen molar-refractivity contribution in [1.29, 1.82) is 0 Å². The zero-order valence-corrected chi connectivity index (χ0v) is 12.6. The average molecular weight is 288 g/mol. The van der Waals surface area contributed by atoms with Gasteiger partial charge in [0.1, 0.15) is 11.6 Å². The summed E-state index contributed by atoms with van der Waals surface area (Å²) in [6, 6.07) is -0.879. The Labute approximate surface area is 119 Å². The quantitative estimate of drug-likeness (QED) is 0.818. The van der Waals surface area contributed by atoms with Gasteiger partial charge >= 0.3 is 12.1 Å². The molecule has 1 aliphatic rings. The molecule has 0 unspecified atom stereocenters. The normalized spacial score (nSPS) is 20.8. The molecule has 0 bridgehead atoms. The van der Waals surface area contributed by atoms with Crippen LogP contribution in [0.15, 0.2) is 0 Å². The van der Waals surface area contributed by atoms with Crippen LogP contribution in [0.1, 0.15) is 20.8 Å². The Morgan fingerprint density at radius 1 is 1.30 bits per heavy atom. The SMILES string of the molecule is COCCN1CCN(C(=O)OC(C)(C)C)[C@@H](C(=O)O)C1. The molecule has 1 rings (SSSR count). The van der Waals surface area contributed by atoms with Crippen molar-refractivity contribution in [3.05, 3.63) is 0 Å². The number of ether oxygens (including phenoxy) is 2. The Morgan fingerprint density at radius 3 is 2.45 bits per heavy atom. The molecule has 1 amide bonds. The van der Waals surface area contributed by atoms with Gasteiger partial charge in [-0.1, -0.05) is 0 Å². The van der Waals surface area contributed by atoms with Crippen molar-refractivity contribution in [3.63, 3.8) is 0 Å². The van der Waals surface area contributed by atoms with Gasteiger partial charge in [-0.2, -0.15) is 0 Å². The number of amides is 1. The van der Waals surface area contributed by atoms with Gasteiger partial charge in [-0.25, -0.2) is 9.59 Å². The van der Waals surface area contributed by atoms with Crippen molar-refractivity contribution in [1.82, 2.24) is 9.80 Å². The number of hydrogen-bond acceptors (Lipinski definition) is 5. The number of piperazine rings is 1. The fourth-order valence-corrected chi connectivity index (χ4v) is 2.01. The van der Waals surface area contributed by atoms with Gasteiger partial charge in [-0.05, 0) is 20.8 Å². The predicted molar refractivity (Wildman–Crippen MR) is 72.7 cm³/mol. The summed E-state index contributed by atoms with van der Waals surface area (Å²) >= 11 is 0. The predicted octanol–water partition coefficient (Wildman–Crippen LogP) is 0.639. The monoisotopic (exact) mass is 288 g/mol. The van der Waals surface area contributed by atoms with Crippen LogP contribution in [0.2, 0.25) is 0 Å². The van der Waals surface area contributed by atoms with E-state index in [-0.39, 0.29) is 6.54 Å². The van der Waals surface area contributed by atoms with Crippen LogP contribution in [0, 0.1) is 0 Å². The second kappa shape index (κ2) is 6.90. The lowest BCUT2D eigenvalue weighted by Crippen LogP contribution is -2.59. The van der Waals surface area contributed by atoms with Crippen LogP contribution >= 0.6 is 0 Å². The molecular weight excluding hydrogens is 264 g/mol. The molecule has 1 fully saturated rings. The molecule has 7 heteroatoms. The number of methoxy groups -OCH3 is 1. The molecule has 1 N–H and O–H groups in total. The van der Waals surface area contributed by atoms with Crippen LogP contribution in [-0.2, 0) is 14.3 Å². The first-order valence-electron chi connectivity index (χ1n) is 6.68. The Morgan fingerprint density at radius 2 is 1.95 bits per heavy atom. The molecule has 116 valence electrons. The third-order valence-corrected chi connectivity index (χ3v) is 2.99.